The maximum absolute atomic E-state index is 4.57. The topological polar surface area (TPSA) is 65.1 Å². The van der Waals surface area contributed by atoms with Crippen molar-refractivity contribution in [1.82, 2.24) is 20.6 Å². The minimum Gasteiger partial charge on any atom is -0.356 e. The lowest BCUT2D eigenvalue weighted by Gasteiger charge is -2.11. The van der Waals surface area contributed by atoms with Crippen molar-refractivity contribution in [2.45, 2.75) is 19.3 Å². The Bertz CT molecular complexity index is 560. The lowest BCUT2D eigenvalue weighted by atomic mass is 10.3. The molecule has 0 saturated carbocycles. The third-order valence-corrected chi connectivity index (χ3v) is 4.08. The van der Waals surface area contributed by atoms with Crippen molar-refractivity contribution in [2.75, 3.05) is 32.1 Å². The molecule has 0 aliphatic rings. The lowest BCUT2D eigenvalue weighted by Crippen LogP contribution is -2.38. The highest BCUT2D eigenvalue weighted by Crippen LogP contribution is 2.10. The maximum Gasteiger partial charge on any atom is 0.190 e. The zero-order valence-corrected chi connectivity index (χ0v) is 14.2. The first-order chi connectivity index (χ1) is 10.8. The quantitative estimate of drug-likeness (QED) is 0.397. The molecule has 1 heterocycles. The number of aromatic amines is 1. The number of unbranched alkanes of at least 4 members (excludes halogenated alkanes) is 1. The molecule has 1 aromatic carbocycles. The minimum atomic E-state index is 0.810. The van der Waals surface area contributed by atoms with E-state index in [0.717, 1.165) is 42.3 Å². The molecular formula is C16H25N5S. The van der Waals surface area contributed by atoms with Crippen LogP contribution < -0.4 is 10.6 Å². The summed E-state index contributed by atoms with van der Waals surface area (Å²) < 4.78 is 0. The highest BCUT2D eigenvalue weighted by atomic mass is 32.2. The molecule has 0 aliphatic carbocycles. The standard InChI is InChI=1S/C16H25N5S/c1-17-16(18-10-5-6-12-22-2)19-11-9-15-20-13-7-3-4-8-14(13)21-15/h3-4,7-8H,5-6,9-12H2,1-2H3,(H,20,21)(H2,17,18,19). The number of nitrogens with one attached hydrogen (secondary N) is 3. The van der Waals surface area contributed by atoms with Gasteiger partial charge in [0.05, 0.1) is 11.0 Å². The Labute approximate surface area is 136 Å². The molecule has 0 radical (unpaired) electrons. The summed E-state index contributed by atoms with van der Waals surface area (Å²) >= 11 is 1.90. The van der Waals surface area contributed by atoms with Gasteiger partial charge in [-0.25, -0.2) is 4.98 Å². The van der Waals surface area contributed by atoms with Crippen LogP contribution in [0, 0.1) is 0 Å². The highest BCUT2D eigenvalue weighted by molar-refractivity contribution is 7.98. The van der Waals surface area contributed by atoms with Crippen LogP contribution in [0.3, 0.4) is 0 Å². The molecule has 0 fully saturated rings. The van der Waals surface area contributed by atoms with Gasteiger partial charge in [0.25, 0.3) is 0 Å². The molecule has 5 nitrogen and oxygen atoms in total. The minimum absolute atomic E-state index is 0.810. The Morgan fingerprint density at radius 3 is 2.82 bits per heavy atom. The van der Waals surface area contributed by atoms with Crippen LogP contribution in [-0.4, -0.2) is 48.1 Å². The molecule has 0 saturated heterocycles. The summed E-state index contributed by atoms with van der Waals surface area (Å²) in [7, 11) is 1.80. The Hall–Kier alpha value is -1.69. The number of H-pyrrole nitrogens is 1. The van der Waals surface area contributed by atoms with Gasteiger partial charge in [-0.2, -0.15) is 11.8 Å². The van der Waals surface area contributed by atoms with E-state index in [1.54, 1.807) is 7.05 Å². The molecule has 2 rings (SSSR count). The van der Waals surface area contributed by atoms with Gasteiger partial charge in [-0.3, -0.25) is 4.99 Å². The second kappa shape index (κ2) is 9.35. The average molecular weight is 319 g/mol. The van der Waals surface area contributed by atoms with Gasteiger partial charge in [0.15, 0.2) is 5.96 Å². The Balaban J connectivity index is 1.69. The van der Waals surface area contributed by atoms with Gasteiger partial charge in [-0.15, -0.1) is 0 Å². The summed E-state index contributed by atoms with van der Waals surface area (Å²) in [4.78, 5) is 12.2. The number of fused-ring (bicyclic) bond motifs is 1. The van der Waals surface area contributed by atoms with Gasteiger partial charge < -0.3 is 15.6 Å². The number of hydrogen-bond acceptors (Lipinski definition) is 3. The van der Waals surface area contributed by atoms with E-state index in [0.29, 0.717) is 0 Å². The van der Waals surface area contributed by atoms with Gasteiger partial charge in [-0.05, 0) is 37.0 Å². The van der Waals surface area contributed by atoms with Gasteiger partial charge >= 0.3 is 0 Å². The SMILES string of the molecule is CN=C(NCCCCSC)NCCc1nc2ccccc2[nH]1. The smallest absolute Gasteiger partial charge is 0.190 e. The van der Waals surface area contributed by atoms with Gasteiger partial charge in [-0.1, -0.05) is 12.1 Å². The van der Waals surface area contributed by atoms with E-state index in [4.69, 9.17) is 0 Å². The van der Waals surface area contributed by atoms with Gasteiger partial charge in [0.2, 0.25) is 0 Å². The fourth-order valence-corrected chi connectivity index (χ4v) is 2.71. The molecular weight excluding hydrogens is 294 g/mol. The number of aromatic nitrogens is 2. The summed E-state index contributed by atoms with van der Waals surface area (Å²) in [5.74, 6) is 3.09. The molecule has 0 bridgehead atoms. The molecule has 0 amide bonds. The number of guanidine groups is 1. The van der Waals surface area contributed by atoms with Gasteiger partial charge in [0.1, 0.15) is 5.82 Å². The van der Waals surface area contributed by atoms with Crippen molar-refractivity contribution in [3.05, 3.63) is 30.1 Å². The van der Waals surface area contributed by atoms with Crippen LogP contribution in [0.25, 0.3) is 11.0 Å². The maximum atomic E-state index is 4.57. The van der Waals surface area contributed by atoms with Gasteiger partial charge in [0, 0.05) is 26.6 Å². The number of para-hydroxylation sites is 2. The summed E-state index contributed by atoms with van der Waals surface area (Å²) in [6, 6.07) is 8.10. The van der Waals surface area contributed by atoms with Crippen LogP contribution in [-0.2, 0) is 6.42 Å². The lowest BCUT2D eigenvalue weighted by molar-refractivity contribution is 0.726. The summed E-state index contributed by atoms with van der Waals surface area (Å²) in [5.41, 5.74) is 2.11. The summed E-state index contributed by atoms with van der Waals surface area (Å²) in [5, 5.41) is 6.67. The number of thioether (sulfide) groups is 1. The normalized spacial score (nSPS) is 11.8. The number of benzene rings is 1. The highest BCUT2D eigenvalue weighted by Gasteiger charge is 2.02. The van der Waals surface area contributed by atoms with Crippen LogP contribution in [0.15, 0.2) is 29.3 Å². The molecule has 0 atom stereocenters. The van der Waals surface area contributed by atoms with Crippen LogP contribution in [0.4, 0.5) is 0 Å². The molecule has 22 heavy (non-hydrogen) atoms. The fourth-order valence-electron chi connectivity index (χ4n) is 2.22. The first kappa shape index (κ1) is 16.7. The number of rotatable bonds is 8. The predicted molar refractivity (Wildman–Crippen MR) is 96.8 cm³/mol. The fraction of sp³-hybridized carbons (Fsp3) is 0.500. The largest absolute Gasteiger partial charge is 0.356 e. The van der Waals surface area contributed by atoms with Crippen LogP contribution in [0.5, 0.6) is 0 Å². The monoisotopic (exact) mass is 319 g/mol. The van der Waals surface area contributed by atoms with Crippen molar-refractivity contribution in [3.8, 4) is 0 Å². The molecule has 2 aromatic rings. The van der Waals surface area contributed by atoms with Crippen molar-refractivity contribution >= 4 is 28.8 Å². The zero-order valence-electron chi connectivity index (χ0n) is 13.4. The number of imidazole rings is 1. The number of nitrogens with zero attached hydrogens (tertiary/aromatic N) is 2. The zero-order chi connectivity index (χ0) is 15.6. The van der Waals surface area contributed by atoms with Crippen molar-refractivity contribution < 1.29 is 0 Å². The predicted octanol–water partition coefficient (Wildman–Crippen LogP) is 2.41. The third kappa shape index (κ3) is 5.26. The average Bonchev–Trinajstić information content (AvgIpc) is 2.95. The Kier molecular flexibility index (Phi) is 7.09. The summed E-state index contributed by atoms with van der Waals surface area (Å²) in [6.07, 6.45) is 5.41. The van der Waals surface area contributed by atoms with Crippen molar-refractivity contribution in [2.24, 2.45) is 4.99 Å². The molecule has 6 heteroatoms. The van der Waals surface area contributed by atoms with E-state index in [2.05, 4.69) is 31.8 Å². The second-order valence-electron chi connectivity index (χ2n) is 5.08. The molecule has 0 spiro atoms. The van der Waals surface area contributed by atoms with Crippen molar-refractivity contribution in [1.29, 1.82) is 0 Å². The third-order valence-electron chi connectivity index (χ3n) is 3.38. The number of aliphatic imine (C=N–C) groups is 1. The van der Waals surface area contributed by atoms with E-state index in [9.17, 15) is 0 Å². The molecule has 0 unspecified atom stereocenters. The van der Waals surface area contributed by atoms with Crippen molar-refractivity contribution in [3.63, 3.8) is 0 Å². The first-order valence-corrected chi connectivity index (χ1v) is 9.10. The Morgan fingerprint density at radius 1 is 1.23 bits per heavy atom. The van der Waals surface area contributed by atoms with E-state index in [-0.39, 0.29) is 0 Å². The number of hydrogen-bond donors (Lipinski definition) is 3. The molecule has 1 aromatic heterocycles. The van der Waals surface area contributed by atoms with E-state index in [1.807, 2.05) is 36.0 Å². The van der Waals surface area contributed by atoms with Crippen LogP contribution in [0.2, 0.25) is 0 Å². The molecule has 120 valence electrons. The van der Waals surface area contributed by atoms with E-state index >= 15 is 0 Å². The Morgan fingerprint density at radius 2 is 2.05 bits per heavy atom. The van der Waals surface area contributed by atoms with E-state index in [1.165, 1.54) is 18.6 Å². The summed E-state index contributed by atoms with van der Waals surface area (Å²) in [6.45, 7) is 1.77. The molecule has 0 aliphatic heterocycles. The second-order valence-corrected chi connectivity index (χ2v) is 6.06. The van der Waals surface area contributed by atoms with Crippen LogP contribution >= 0.6 is 11.8 Å². The molecule has 3 N–H and O–H groups in total. The first-order valence-electron chi connectivity index (χ1n) is 7.70. The van der Waals surface area contributed by atoms with E-state index < -0.39 is 0 Å². The van der Waals surface area contributed by atoms with Crippen LogP contribution in [0.1, 0.15) is 18.7 Å².